The van der Waals surface area contributed by atoms with Gasteiger partial charge < -0.3 is 19.9 Å². The lowest BCUT2D eigenvalue weighted by molar-refractivity contribution is 0.0696. The summed E-state index contributed by atoms with van der Waals surface area (Å²) < 4.78 is 2.18. The number of aryl methyl sites for hydroxylation is 1. The van der Waals surface area contributed by atoms with Crippen molar-refractivity contribution in [3.05, 3.63) is 54.0 Å². The maximum absolute atomic E-state index is 10.9. The van der Waals surface area contributed by atoms with Crippen LogP contribution in [-0.2, 0) is 13.6 Å². The summed E-state index contributed by atoms with van der Waals surface area (Å²) in [6, 6.07) is 8.50. The molecule has 3 heterocycles. The molecule has 7 nitrogen and oxygen atoms in total. The smallest absolute Gasteiger partial charge is 0.338 e. The first-order valence-corrected chi connectivity index (χ1v) is 9.66. The van der Waals surface area contributed by atoms with Gasteiger partial charge in [-0.1, -0.05) is 18.2 Å². The minimum atomic E-state index is -0.998. The molecule has 0 radical (unpaired) electrons. The first-order valence-electron chi connectivity index (χ1n) is 9.66. The van der Waals surface area contributed by atoms with Crippen LogP contribution in [0.1, 0.15) is 28.8 Å². The number of hydrogen-bond donors (Lipinski definition) is 2. The molecule has 1 aliphatic rings. The van der Waals surface area contributed by atoms with Gasteiger partial charge in [-0.05, 0) is 36.9 Å². The Morgan fingerprint density at radius 2 is 1.90 bits per heavy atom. The molecule has 1 fully saturated rings. The molecule has 0 atom stereocenters. The topological polar surface area (TPSA) is 83.3 Å². The maximum Gasteiger partial charge on any atom is 0.338 e. The van der Waals surface area contributed by atoms with Crippen LogP contribution in [-0.4, -0.2) is 45.2 Å². The van der Waals surface area contributed by atoms with E-state index in [-0.39, 0.29) is 18.0 Å². The van der Waals surface area contributed by atoms with E-state index in [1.165, 1.54) is 28.9 Å². The summed E-state index contributed by atoms with van der Waals surface area (Å²) in [5.41, 5.74) is 2.72. The van der Waals surface area contributed by atoms with E-state index in [0.29, 0.717) is 11.9 Å². The number of hydrogen-bond acceptors (Lipinski definition) is 5. The van der Waals surface area contributed by atoms with Crippen LogP contribution in [0.5, 0.6) is 0 Å². The van der Waals surface area contributed by atoms with Crippen molar-refractivity contribution >= 4 is 35.2 Å². The first-order chi connectivity index (χ1) is 13.6. The molecule has 1 aromatic carbocycles. The number of carboxylic acid groups (broad SMARTS) is 1. The van der Waals surface area contributed by atoms with Gasteiger partial charge in [0.2, 0.25) is 5.95 Å². The molecular weight excluding hydrogens is 390 g/mol. The maximum atomic E-state index is 10.9. The molecule has 4 rings (SSSR count). The summed E-state index contributed by atoms with van der Waals surface area (Å²) in [6.07, 6.45) is 7.11. The SMILES string of the molecule is Cl.Cn1cc(CNCC2CCN(c3ncc(C(=O)O)cn3)CC2)c2ccccc21. The van der Waals surface area contributed by atoms with Crippen molar-refractivity contribution in [2.24, 2.45) is 13.0 Å². The van der Waals surface area contributed by atoms with Gasteiger partial charge in [-0.25, -0.2) is 14.8 Å². The average Bonchev–Trinajstić information content (AvgIpc) is 3.05. The van der Waals surface area contributed by atoms with Crippen LogP contribution in [0.25, 0.3) is 10.9 Å². The number of para-hydroxylation sites is 1. The number of halogens is 1. The lowest BCUT2D eigenvalue weighted by atomic mass is 9.97. The molecule has 1 aliphatic heterocycles. The quantitative estimate of drug-likeness (QED) is 0.643. The second-order valence-corrected chi connectivity index (χ2v) is 7.42. The van der Waals surface area contributed by atoms with Gasteiger partial charge in [-0.2, -0.15) is 0 Å². The molecule has 3 aromatic rings. The normalized spacial score (nSPS) is 14.7. The molecule has 0 unspecified atom stereocenters. The van der Waals surface area contributed by atoms with Gasteiger partial charge in [0, 0.05) is 56.2 Å². The average molecular weight is 416 g/mol. The van der Waals surface area contributed by atoms with Gasteiger partial charge in [-0.15, -0.1) is 12.4 Å². The zero-order valence-electron chi connectivity index (χ0n) is 16.4. The Morgan fingerprint density at radius 1 is 1.21 bits per heavy atom. The molecule has 2 aromatic heterocycles. The number of fused-ring (bicyclic) bond motifs is 1. The molecule has 0 amide bonds. The highest BCUT2D eigenvalue weighted by molar-refractivity contribution is 5.87. The van der Waals surface area contributed by atoms with Crippen LogP contribution < -0.4 is 10.2 Å². The number of benzene rings is 1. The molecule has 0 bridgehead atoms. The molecule has 8 heteroatoms. The molecular formula is C21H26ClN5O2. The third-order valence-corrected chi connectivity index (χ3v) is 5.51. The van der Waals surface area contributed by atoms with E-state index in [1.54, 1.807) is 0 Å². The van der Waals surface area contributed by atoms with Crippen LogP contribution in [0.3, 0.4) is 0 Å². The van der Waals surface area contributed by atoms with Crippen LogP contribution >= 0.6 is 12.4 Å². The van der Waals surface area contributed by atoms with Crippen molar-refractivity contribution < 1.29 is 9.90 Å². The van der Waals surface area contributed by atoms with Crippen molar-refractivity contribution in [1.82, 2.24) is 19.9 Å². The fourth-order valence-corrected chi connectivity index (χ4v) is 3.91. The standard InChI is InChI=1S/C21H25N5O2.ClH/c1-25-14-17(18-4-2-3-5-19(18)25)11-22-10-15-6-8-26(9-7-15)21-23-12-16(13-24-21)20(27)28;/h2-5,12-15,22H,6-11H2,1H3,(H,27,28);1H. The first kappa shape index (κ1) is 21.1. The van der Waals surface area contributed by atoms with Crippen molar-refractivity contribution in [3.63, 3.8) is 0 Å². The predicted octanol–water partition coefficient (Wildman–Crippen LogP) is 3.09. The molecule has 154 valence electrons. The van der Waals surface area contributed by atoms with Gasteiger partial charge in [0.1, 0.15) is 0 Å². The van der Waals surface area contributed by atoms with Crippen LogP contribution in [0.4, 0.5) is 5.95 Å². The molecule has 29 heavy (non-hydrogen) atoms. The second kappa shape index (κ2) is 9.24. The number of aromatic nitrogens is 3. The number of carboxylic acids is 1. The number of aromatic carboxylic acids is 1. The largest absolute Gasteiger partial charge is 0.478 e. The van der Waals surface area contributed by atoms with E-state index in [1.807, 2.05) is 0 Å². The molecule has 0 saturated carbocycles. The Bertz CT molecular complexity index is 965. The van der Waals surface area contributed by atoms with Crippen molar-refractivity contribution in [3.8, 4) is 0 Å². The van der Waals surface area contributed by atoms with E-state index < -0.39 is 5.97 Å². The summed E-state index contributed by atoms with van der Waals surface area (Å²) in [4.78, 5) is 21.4. The van der Waals surface area contributed by atoms with Gasteiger partial charge in [0.05, 0.1) is 5.56 Å². The van der Waals surface area contributed by atoms with Crippen molar-refractivity contribution in [2.75, 3.05) is 24.5 Å². The van der Waals surface area contributed by atoms with Gasteiger partial charge >= 0.3 is 5.97 Å². The summed E-state index contributed by atoms with van der Waals surface area (Å²) in [7, 11) is 2.09. The summed E-state index contributed by atoms with van der Waals surface area (Å²) >= 11 is 0. The Kier molecular flexibility index (Phi) is 6.71. The number of nitrogens with zero attached hydrogens (tertiary/aromatic N) is 4. The highest BCUT2D eigenvalue weighted by Gasteiger charge is 2.21. The Balaban J connectivity index is 0.00000240. The van der Waals surface area contributed by atoms with E-state index in [9.17, 15) is 4.79 Å². The van der Waals surface area contributed by atoms with Gasteiger partial charge in [-0.3, -0.25) is 0 Å². The Morgan fingerprint density at radius 3 is 2.59 bits per heavy atom. The second-order valence-electron chi connectivity index (χ2n) is 7.42. The third-order valence-electron chi connectivity index (χ3n) is 5.51. The lowest BCUT2D eigenvalue weighted by Crippen LogP contribution is -2.38. The molecule has 0 spiro atoms. The third kappa shape index (κ3) is 4.68. The summed E-state index contributed by atoms with van der Waals surface area (Å²) in [5.74, 6) is 0.249. The Labute approximate surface area is 176 Å². The van der Waals surface area contributed by atoms with E-state index >= 15 is 0 Å². The number of nitrogens with one attached hydrogen (secondary N) is 1. The van der Waals surface area contributed by atoms with Crippen molar-refractivity contribution in [1.29, 1.82) is 0 Å². The number of piperidine rings is 1. The van der Waals surface area contributed by atoms with E-state index in [4.69, 9.17) is 5.11 Å². The molecule has 1 saturated heterocycles. The fourth-order valence-electron chi connectivity index (χ4n) is 3.91. The van der Waals surface area contributed by atoms with Gasteiger partial charge in [0.25, 0.3) is 0 Å². The van der Waals surface area contributed by atoms with Crippen LogP contribution in [0.15, 0.2) is 42.9 Å². The highest BCUT2D eigenvalue weighted by atomic mass is 35.5. The molecule has 0 aliphatic carbocycles. The van der Waals surface area contributed by atoms with E-state index in [2.05, 4.69) is 62.3 Å². The van der Waals surface area contributed by atoms with Crippen LogP contribution in [0.2, 0.25) is 0 Å². The van der Waals surface area contributed by atoms with Crippen molar-refractivity contribution in [2.45, 2.75) is 19.4 Å². The summed E-state index contributed by atoms with van der Waals surface area (Å²) in [6.45, 7) is 3.66. The predicted molar refractivity (Wildman–Crippen MR) is 116 cm³/mol. The minimum Gasteiger partial charge on any atom is -0.478 e. The highest BCUT2D eigenvalue weighted by Crippen LogP contribution is 2.22. The molecule has 2 N–H and O–H groups in total. The monoisotopic (exact) mass is 415 g/mol. The lowest BCUT2D eigenvalue weighted by Gasteiger charge is -2.32. The number of carbonyl (C=O) groups is 1. The summed E-state index contributed by atoms with van der Waals surface area (Å²) in [5, 5.41) is 13.9. The zero-order chi connectivity index (χ0) is 19.5. The Hall–Kier alpha value is -2.64. The van der Waals surface area contributed by atoms with Gasteiger partial charge in [0.15, 0.2) is 0 Å². The minimum absolute atomic E-state index is 0. The van der Waals surface area contributed by atoms with Crippen LogP contribution in [0, 0.1) is 5.92 Å². The van der Waals surface area contributed by atoms with E-state index in [0.717, 1.165) is 39.0 Å². The number of anilines is 1. The zero-order valence-corrected chi connectivity index (χ0v) is 17.2. The fraction of sp³-hybridized carbons (Fsp3) is 0.381. The number of rotatable bonds is 6.